The van der Waals surface area contributed by atoms with E-state index in [0.717, 1.165) is 38.8 Å². The average Bonchev–Trinajstić information content (AvgIpc) is 2.30. The normalized spacial score (nSPS) is 26.8. The Morgan fingerprint density at radius 3 is 2.31 bits per heavy atom. The monoisotopic (exact) mass is 243 g/mol. The highest BCUT2D eigenvalue weighted by Crippen LogP contribution is 2.38. The van der Waals surface area contributed by atoms with Crippen molar-refractivity contribution in [3.8, 4) is 0 Å². The van der Waals surface area contributed by atoms with Gasteiger partial charge in [0.25, 0.3) is 0 Å². The number of halogens is 1. The third kappa shape index (κ3) is 2.53. The SMILES string of the molecule is CC1(C(=O)N2CCC(Cl)CC2)CCCCC1. The van der Waals surface area contributed by atoms with Gasteiger partial charge in [0.15, 0.2) is 0 Å². The molecule has 1 heterocycles. The number of carbonyl (C=O) groups excluding carboxylic acids is 1. The van der Waals surface area contributed by atoms with E-state index in [1.165, 1.54) is 19.3 Å². The van der Waals surface area contributed by atoms with Gasteiger partial charge in [0.05, 0.1) is 0 Å². The largest absolute Gasteiger partial charge is 0.342 e. The van der Waals surface area contributed by atoms with E-state index >= 15 is 0 Å². The van der Waals surface area contributed by atoms with Crippen molar-refractivity contribution in [3.05, 3.63) is 0 Å². The molecule has 0 aromatic carbocycles. The Balaban J connectivity index is 1.95. The van der Waals surface area contributed by atoms with Crippen LogP contribution in [0.2, 0.25) is 0 Å². The van der Waals surface area contributed by atoms with E-state index in [2.05, 4.69) is 6.92 Å². The third-order valence-corrected chi connectivity index (χ3v) is 4.62. The quantitative estimate of drug-likeness (QED) is 0.648. The molecule has 0 bridgehead atoms. The van der Waals surface area contributed by atoms with Gasteiger partial charge >= 0.3 is 0 Å². The minimum Gasteiger partial charge on any atom is -0.342 e. The second-order valence-electron chi connectivity index (χ2n) is 5.59. The Morgan fingerprint density at radius 1 is 1.19 bits per heavy atom. The summed E-state index contributed by atoms with van der Waals surface area (Å²) >= 11 is 6.07. The maximum atomic E-state index is 12.5. The molecule has 0 radical (unpaired) electrons. The van der Waals surface area contributed by atoms with Gasteiger partial charge in [-0.15, -0.1) is 11.6 Å². The van der Waals surface area contributed by atoms with Crippen molar-refractivity contribution in [2.75, 3.05) is 13.1 Å². The maximum Gasteiger partial charge on any atom is 0.228 e. The number of hydrogen-bond donors (Lipinski definition) is 0. The van der Waals surface area contributed by atoms with Gasteiger partial charge < -0.3 is 4.90 Å². The van der Waals surface area contributed by atoms with Crippen molar-refractivity contribution in [1.82, 2.24) is 4.90 Å². The summed E-state index contributed by atoms with van der Waals surface area (Å²) in [6.45, 7) is 3.88. The molecule has 1 saturated heterocycles. The molecule has 2 rings (SSSR count). The minimum absolute atomic E-state index is 0.0720. The maximum absolute atomic E-state index is 12.5. The van der Waals surface area contributed by atoms with Crippen molar-refractivity contribution in [2.45, 2.75) is 57.2 Å². The molecule has 0 aromatic rings. The fraction of sp³-hybridized carbons (Fsp3) is 0.923. The number of alkyl halides is 1. The summed E-state index contributed by atoms with van der Waals surface area (Å²) in [6, 6.07) is 0. The number of piperidine rings is 1. The lowest BCUT2D eigenvalue weighted by Gasteiger charge is -2.39. The van der Waals surface area contributed by atoms with E-state index in [9.17, 15) is 4.79 Å². The van der Waals surface area contributed by atoms with Crippen LogP contribution >= 0.6 is 11.6 Å². The van der Waals surface area contributed by atoms with Crippen molar-refractivity contribution >= 4 is 17.5 Å². The molecule has 0 atom stereocenters. The Bertz CT molecular complexity index is 253. The van der Waals surface area contributed by atoms with Gasteiger partial charge in [-0.3, -0.25) is 4.79 Å². The zero-order valence-electron chi connectivity index (χ0n) is 10.2. The highest BCUT2D eigenvalue weighted by Gasteiger charge is 2.38. The number of nitrogens with zero attached hydrogens (tertiary/aromatic N) is 1. The molecule has 1 saturated carbocycles. The zero-order valence-corrected chi connectivity index (χ0v) is 10.9. The summed E-state index contributed by atoms with van der Waals surface area (Å²) in [5.74, 6) is 0.385. The first-order valence-corrected chi connectivity index (χ1v) is 6.99. The van der Waals surface area contributed by atoms with Crippen LogP contribution in [0.4, 0.5) is 0 Å². The predicted molar refractivity (Wildman–Crippen MR) is 66.6 cm³/mol. The molecule has 0 unspecified atom stereocenters. The van der Waals surface area contributed by atoms with Crippen molar-refractivity contribution in [1.29, 1.82) is 0 Å². The van der Waals surface area contributed by atoms with Crippen LogP contribution in [0.3, 0.4) is 0 Å². The van der Waals surface area contributed by atoms with E-state index in [1.54, 1.807) is 0 Å². The van der Waals surface area contributed by atoms with E-state index < -0.39 is 0 Å². The number of carbonyl (C=O) groups is 1. The molecule has 1 amide bonds. The van der Waals surface area contributed by atoms with Crippen molar-refractivity contribution < 1.29 is 4.79 Å². The molecular weight excluding hydrogens is 222 g/mol. The highest BCUT2D eigenvalue weighted by atomic mass is 35.5. The van der Waals surface area contributed by atoms with Gasteiger partial charge in [0.1, 0.15) is 0 Å². The van der Waals surface area contributed by atoms with Crippen LogP contribution in [0.1, 0.15) is 51.9 Å². The smallest absolute Gasteiger partial charge is 0.228 e. The average molecular weight is 244 g/mol. The summed E-state index contributed by atoms with van der Waals surface area (Å²) < 4.78 is 0. The number of rotatable bonds is 1. The Kier molecular flexibility index (Phi) is 3.78. The van der Waals surface area contributed by atoms with E-state index in [-0.39, 0.29) is 10.8 Å². The number of likely N-dealkylation sites (tertiary alicyclic amines) is 1. The van der Waals surface area contributed by atoms with Crippen LogP contribution in [0.15, 0.2) is 0 Å². The highest BCUT2D eigenvalue weighted by molar-refractivity contribution is 6.20. The fourth-order valence-corrected chi connectivity index (χ4v) is 3.17. The first kappa shape index (κ1) is 12.2. The Morgan fingerprint density at radius 2 is 1.75 bits per heavy atom. The first-order valence-electron chi connectivity index (χ1n) is 6.55. The summed E-state index contributed by atoms with van der Waals surface area (Å²) in [7, 11) is 0. The van der Waals surface area contributed by atoms with Gasteiger partial charge in [0.2, 0.25) is 5.91 Å². The molecule has 2 aliphatic rings. The van der Waals surface area contributed by atoms with Gasteiger partial charge in [0, 0.05) is 23.9 Å². The van der Waals surface area contributed by atoms with E-state index in [4.69, 9.17) is 11.6 Å². The molecule has 3 heteroatoms. The summed E-state index contributed by atoms with van der Waals surface area (Å²) in [5.41, 5.74) is -0.0720. The Labute approximate surface area is 103 Å². The summed E-state index contributed by atoms with van der Waals surface area (Å²) in [5, 5.41) is 0.281. The van der Waals surface area contributed by atoms with Gasteiger partial charge in [-0.05, 0) is 25.7 Å². The van der Waals surface area contributed by atoms with Crippen LogP contribution < -0.4 is 0 Å². The van der Waals surface area contributed by atoms with Crippen LogP contribution in [-0.4, -0.2) is 29.3 Å². The lowest BCUT2D eigenvalue weighted by Crippen LogP contribution is -2.47. The molecule has 0 aromatic heterocycles. The molecule has 1 aliphatic carbocycles. The number of amides is 1. The molecule has 2 nitrogen and oxygen atoms in total. The molecule has 2 fully saturated rings. The van der Waals surface area contributed by atoms with E-state index in [1.807, 2.05) is 4.90 Å². The third-order valence-electron chi connectivity index (χ3n) is 4.19. The number of hydrogen-bond acceptors (Lipinski definition) is 1. The lowest BCUT2D eigenvalue weighted by atomic mass is 9.74. The molecule has 0 N–H and O–H groups in total. The Hall–Kier alpha value is -0.240. The van der Waals surface area contributed by atoms with Crippen LogP contribution in [0.5, 0.6) is 0 Å². The molecule has 1 aliphatic heterocycles. The second kappa shape index (κ2) is 4.95. The first-order chi connectivity index (χ1) is 7.62. The predicted octanol–water partition coefficient (Wildman–Crippen LogP) is 3.19. The fourth-order valence-electron chi connectivity index (χ4n) is 2.98. The summed E-state index contributed by atoms with van der Waals surface area (Å²) in [6.07, 6.45) is 7.81. The van der Waals surface area contributed by atoms with E-state index in [0.29, 0.717) is 5.91 Å². The lowest BCUT2D eigenvalue weighted by molar-refractivity contribution is -0.144. The van der Waals surface area contributed by atoms with Gasteiger partial charge in [-0.25, -0.2) is 0 Å². The minimum atomic E-state index is -0.0720. The topological polar surface area (TPSA) is 20.3 Å². The van der Waals surface area contributed by atoms with Crippen molar-refractivity contribution in [3.63, 3.8) is 0 Å². The van der Waals surface area contributed by atoms with Crippen LogP contribution in [-0.2, 0) is 4.79 Å². The molecule has 0 spiro atoms. The van der Waals surface area contributed by atoms with Crippen molar-refractivity contribution in [2.24, 2.45) is 5.41 Å². The van der Waals surface area contributed by atoms with Gasteiger partial charge in [-0.2, -0.15) is 0 Å². The molecule has 92 valence electrons. The molecular formula is C13H22ClNO. The second-order valence-corrected chi connectivity index (χ2v) is 6.21. The van der Waals surface area contributed by atoms with Crippen LogP contribution in [0, 0.1) is 5.41 Å². The zero-order chi connectivity index (χ0) is 11.6. The van der Waals surface area contributed by atoms with Gasteiger partial charge in [-0.1, -0.05) is 26.2 Å². The van der Waals surface area contributed by atoms with Crippen LogP contribution in [0.25, 0.3) is 0 Å². The summed E-state index contributed by atoms with van der Waals surface area (Å²) in [4.78, 5) is 14.5. The molecule has 16 heavy (non-hydrogen) atoms. The standard InChI is InChI=1S/C13H22ClNO/c1-13(7-3-2-4-8-13)12(16)15-9-5-11(14)6-10-15/h11H,2-10H2,1H3.